The first-order chi connectivity index (χ1) is 18.0. The van der Waals surface area contributed by atoms with Crippen LogP contribution in [0, 0.1) is 0 Å². The molecule has 1 atom stereocenters. The van der Waals surface area contributed by atoms with Crippen molar-refractivity contribution in [1.29, 1.82) is 0 Å². The third-order valence-corrected chi connectivity index (χ3v) is 7.87. The molecule has 0 fully saturated rings. The van der Waals surface area contributed by atoms with Crippen molar-refractivity contribution in [3.8, 4) is 0 Å². The Morgan fingerprint density at radius 3 is 2.13 bits per heavy atom. The van der Waals surface area contributed by atoms with Gasteiger partial charge in [0, 0.05) is 40.1 Å². The van der Waals surface area contributed by atoms with Crippen LogP contribution in [0.15, 0.2) is 72.8 Å². The summed E-state index contributed by atoms with van der Waals surface area (Å²) in [4.78, 5) is 28.6. The highest BCUT2D eigenvalue weighted by Gasteiger charge is 2.33. The predicted octanol–water partition coefficient (Wildman–Crippen LogP) is 5.19. The second-order valence-corrected chi connectivity index (χ2v) is 11.7. The van der Waals surface area contributed by atoms with Gasteiger partial charge in [0.1, 0.15) is 12.6 Å². The van der Waals surface area contributed by atoms with Gasteiger partial charge in [-0.05, 0) is 42.8 Å². The summed E-state index contributed by atoms with van der Waals surface area (Å²) in [6.45, 7) is 1.45. The summed E-state index contributed by atoms with van der Waals surface area (Å²) in [5, 5.41) is 3.74. The van der Waals surface area contributed by atoms with E-state index in [2.05, 4.69) is 5.32 Å². The molecule has 0 unspecified atom stereocenters. The monoisotopic (exact) mass is 595 g/mol. The molecule has 38 heavy (non-hydrogen) atoms. The Morgan fingerprint density at radius 2 is 1.55 bits per heavy atom. The molecule has 0 bridgehead atoms. The molecule has 0 aliphatic rings. The molecule has 3 aromatic rings. The Kier molecular flexibility index (Phi) is 10.4. The Bertz CT molecular complexity index is 1370. The van der Waals surface area contributed by atoms with Gasteiger partial charge in [0.25, 0.3) is 0 Å². The number of likely N-dealkylation sites (N-methyl/N-ethyl adjacent to an activating group) is 1. The van der Waals surface area contributed by atoms with Crippen LogP contribution in [-0.4, -0.2) is 50.5 Å². The molecule has 3 rings (SSSR count). The third-order valence-electron chi connectivity index (χ3n) is 5.79. The lowest BCUT2D eigenvalue weighted by atomic mass is 10.0. The van der Waals surface area contributed by atoms with Crippen LogP contribution in [0.5, 0.6) is 0 Å². The number of hydrogen-bond acceptors (Lipinski definition) is 4. The van der Waals surface area contributed by atoms with Gasteiger partial charge in [-0.15, -0.1) is 0 Å². The maximum atomic E-state index is 13.9. The van der Waals surface area contributed by atoms with Crippen LogP contribution in [0.1, 0.15) is 18.1 Å². The number of benzene rings is 3. The van der Waals surface area contributed by atoms with Gasteiger partial charge < -0.3 is 10.2 Å². The second kappa shape index (κ2) is 13.3. The minimum absolute atomic E-state index is 0.112. The number of hydrogen-bond donors (Lipinski definition) is 1. The van der Waals surface area contributed by atoms with Gasteiger partial charge in [0.2, 0.25) is 21.8 Å². The summed E-state index contributed by atoms with van der Waals surface area (Å²) >= 11 is 19.0. The van der Waals surface area contributed by atoms with E-state index in [1.54, 1.807) is 43.3 Å². The highest BCUT2D eigenvalue weighted by molar-refractivity contribution is 7.92. The molecule has 0 radical (unpaired) electrons. The van der Waals surface area contributed by atoms with Crippen LogP contribution >= 0.6 is 34.8 Å². The summed E-state index contributed by atoms with van der Waals surface area (Å²) in [7, 11) is -3.89. The van der Waals surface area contributed by atoms with Crippen LogP contribution < -0.4 is 9.62 Å². The molecule has 202 valence electrons. The van der Waals surface area contributed by atoms with E-state index in [1.807, 2.05) is 30.3 Å². The Hall–Kier alpha value is -2.78. The lowest BCUT2D eigenvalue weighted by Gasteiger charge is -2.33. The van der Waals surface area contributed by atoms with Gasteiger partial charge in [-0.2, -0.15) is 0 Å². The van der Waals surface area contributed by atoms with Gasteiger partial charge in [0.05, 0.1) is 11.9 Å². The zero-order chi connectivity index (χ0) is 27.9. The van der Waals surface area contributed by atoms with E-state index in [-0.39, 0.29) is 24.6 Å². The van der Waals surface area contributed by atoms with E-state index in [4.69, 9.17) is 34.8 Å². The van der Waals surface area contributed by atoms with E-state index >= 15 is 0 Å². The Labute approximate surface area is 238 Å². The average molecular weight is 597 g/mol. The number of sulfonamides is 1. The molecule has 0 saturated heterocycles. The summed E-state index contributed by atoms with van der Waals surface area (Å²) in [6.07, 6.45) is 1.19. The first-order valence-electron chi connectivity index (χ1n) is 11.8. The number of nitrogens with one attached hydrogen (secondary N) is 1. The van der Waals surface area contributed by atoms with Crippen LogP contribution in [0.25, 0.3) is 0 Å². The molecule has 0 spiro atoms. The highest BCUT2D eigenvalue weighted by Crippen LogP contribution is 2.28. The van der Waals surface area contributed by atoms with Crippen molar-refractivity contribution in [2.24, 2.45) is 0 Å². The Balaban J connectivity index is 2.09. The van der Waals surface area contributed by atoms with Gasteiger partial charge in [-0.25, -0.2) is 8.42 Å². The van der Waals surface area contributed by atoms with Crippen LogP contribution in [0.2, 0.25) is 15.1 Å². The summed E-state index contributed by atoms with van der Waals surface area (Å²) in [6, 6.07) is 19.4. The van der Waals surface area contributed by atoms with Crippen molar-refractivity contribution < 1.29 is 18.0 Å². The molecule has 0 aliphatic heterocycles. The first-order valence-corrected chi connectivity index (χ1v) is 14.8. The van der Waals surface area contributed by atoms with Gasteiger partial charge in [-0.3, -0.25) is 13.9 Å². The zero-order valence-corrected chi connectivity index (χ0v) is 24.0. The predicted molar refractivity (Wildman–Crippen MR) is 153 cm³/mol. The molecule has 3 aromatic carbocycles. The number of nitrogens with zero attached hydrogens (tertiary/aromatic N) is 2. The van der Waals surface area contributed by atoms with Crippen LogP contribution in [0.3, 0.4) is 0 Å². The first kappa shape index (κ1) is 29.8. The van der Waals surface area contributed by atoms with Gasteiger partial charge in [-0.1, -0.05) is 77.3 Å². The number of amides is 2. The smallest absolute Gasteiger partial charge is 0.244 e. The second-order valence-electron chi connectivity index (χ2n) is 8.57. The maximum absolute atomic E-state index is 13.9. The quantitative estimate of drug-likeness (QED) is 0.330. The van der Waals surface area contributed by atoms with Gasteiger partial charge in [0.15, 0.2) is 0 Å². The van der Waals surface area contributed by atoms with E-state index in [1.165, 1.54) is 11.0 Å². The molecule has 0 aliphatic carbocycles. The van der Waals surface area contributed by atoms with Crippen molar-refractivity contribution in [3.05, 3.63) is 99.0 Å². The van der Waals surface area contributed by atoms with E-state index < -0.39 is 28.5 Å². The van der Waals surface area contributed by atoms with Crippen LogP contribution in [-0.2, 0) is 32.6 Å². The average Bonchev–Trinajstić information content (AvgIpc) is 2.86. The fourth-order valence-electron chi connectivity index (χ4n) is 3.94. The minimum Gasteiger partial charge on any atom is -0.355 e. The fourth-order valence-corrected chi connectivity index (χ4v) is 5.49. The summed E-state index contributed by atoms with van der Waals surface area (Å²) in [5.41, 5.74) is 1.49. The summed E-state index contributed by atoms with van der Waals surface area (Å²) in [5.74, 6) is -1.000. The van der Waals surface area contributed by atoms with Crippen molar-refractivity contribution in [2.75, 3.05) is 23.7 Å². The molecular formula is C27H28Cl3N3O4S. The standard InChI is InChI=1S/C27H28Cl3N3O4S/c1-3-31-27(35)25(15-19-9-5-4-6-10-19)32(17-22-23(29)13-8-14-24(22)30)26(34)18-33(38(2,36)37)21-12-7-11-20(28)16-21/h4-14,16,25H,3,15,17-18H2,1-2H3,(H,31,35)/t25-/m1/s1. The minimum atomic E-state index is -3.89. The highest BCUT2D eigenvalue weighted by atomic mass is 35.5. The molecule has 0 heterocycles. The molecule has 1 N–H and O–H groups in total. The lowest BCUT2D eigenvalue weighted by molar-refractivity contribution is -0.140. The normalized spacial score (nSPS) is 12.0. The molecule has 7 nitrogen and oxygen atoms in total. The number of rotatable bonds is 11. The number of halogens is 3. The molecule has 11 heteroatoms. The van der Waals surface area contributed by atoms with Gasteiger partial charge >= 0.3 is 0 Å². The maximum Gasteiger partial charge on any atom is 0.244 e. The van der Waals surface area contributed by atoms with E-state index in [0.29, 0.717) is 27.2 Å². The Morgan fingerprint density at radius 1 is 0.921 bits per heavy atom. The van der Waals surface area contributed by atoms with E-state index in [9.17, 15) is 18.0 Å². The molecular weight excluding hydrogens is 569 g/mol. The third kappa shape index (κ3) is 7.86. The van der Waals surface area contributed by atoms with Crippen LogP contribution in [0.4, 0.5) is 5.69 Å². The number of carbonyl (C=O) groups is 2. The zero-order valence-electron chi connectivity index (χ0n) is 20.9. The topological polar surface area (TPSA) is 86.8 Å². The largest absolute Gasteiger partial charge is 0.355 e. The van der Waals surface area contributed by atoms with Crippen molar-refractivity contribution in [3.63, 3.8) is 0 Å². The molecule has 0 aromatic heterocycles. The summed E-state index contributed by atoms with van der Waals surface area (Å²) < 4.78 is 26.5. The number of anilines is 1. The molecule has 0 saturated carbocycles. The van der Waals surface area contributed by atoms with Crippen molar-refractivity contribution in [1.82, 2.24) is 10.2 Å². The number of carbonyl (C=O) groups excluding carboxylic acids is 2. The molecule has 2 amide bonds. The van der Waals surface area contributed by atoms with Crippen molar-refractivity contribution >= 4 is 62.3 Å². The van der Waals surface area contributed by atoms with E-state index in [0.717, 1.165) is 16.1 Å². The fraction of sp³-hybridized carbons (Fsp3) is 0.259. The SMILES string of the molecule is CCNC(=O)[C@@H](Cc1ccccc1)N(Cc1c(Cl)cccc1Cl)C(=O)CN(c1cccc(Cl)c1)S(C)(=O)=O. The lowest BCUT2D eigenvalue weighted by Crippen LogP contribution is -2.53. The van der Waals surface area contributed by atoms with Crippen molar-refractivity contribution in [2.45, 2.75) is 25.9 Å².